The van der Waals surface area contributed by atoms with Crippen LogP contribution in [0.4, 0.5) is 0 Å². The van der Waals surface area contributed by atoms with Crippen LogP contribution in [0.25, 0.3) is 0 Å². The first-order valence-corrected chi connectivity index (χ1v) is 7.32. The second-order valence-corrected chi connectivity index (χ2v) is 4.66. The summed E-state index contributed by atoms with van der Waals surface area (Å²) in [5.41, 5.74) is 1.23. The van der Waals surface area contributed by atoms with Crippen molar-refractivity contribution in [2.45, 2.75) is 46.1 Å². The summed E-state index contributed by atoms with van der Waals surface area (Å²) in [5.74, 6) is 1.63. The maximum Gasteiger partial charge on any atom is 0.161 e. The van der Waals surface area contributed by atoms with Crippen molar-refractivity contribution in [3.05, 3.63) is 23.8 Å². The molecule has 0 aliphatic rings. The van der Waals surface area contributed by atoms with Crippen LogP contribution in [0.5, 0.6) is 11.5 Å². The molecular weight excluding hydrogens is 238 g/mol. The number of hydrogen-bond donors (Lipinski definition) is 1. The summed E-state index contributed by atoms with van der Waals surface area (Å²) in [7, 11) is 1.68. The number of unbranched alkanes of at least 4 members (excludes halogenated alkanes) is 3. The second-order valence-electron chi connectivity index (χ2n) is 4.66. The molecule has 0 saturated carbocycles. The molecule has 108 valence electrons. The zero-order valence-corrected chi connectivity index (χ0v) is 12.5. The molecule has 0 aromatic heterocycles. The van der Waals surface area contributed by atoms with Gasteiger partial charge in [0.25, 0.3) is 0 Å². The van der Waals surface area contributed by atoms with E-state index in [1.54, 1.807) is 7.11 Å². The Morgan fingerprint density at radius 2 is 1.89 bits per heavy atom. The van der Waals surface area contributed by atoms with Crippen LogP contribution in [0.1, 0.15) is 45.1 Å². The molecule has 1 aromatic carbocycles. The maximum atomic E-state index is 5.51. The van der Waals surface area contributed by atoms with E-state index in [1.807, 2.05) is 19.1 Å². The van der Waals surface area contributed by atoms with Crippen molar-refractivity contribution in [3.63, 3.8) is 0 Å². The van der Waals surface area contributed by atoms with Gasteiger partial charge in [-0.2, -0.15) is 0 Å². The minimum atomic E-state index is 0.658. The molecule has 0 aliphatic carbocycles. The number of methoxy groups -OCH3 is 1. The highest BCUT2D eigenvalue weighted by molar-refractivity contribution is 5.42. The quantitative estimate of drug-likeness (QED) is 0.653. The van der Waals surface area contributed by atoms with Crippen molar-refractivity contribution < 1.29 is 9.47 Å². The molecule has 19 heavy (non-hydrogen) atoms. The summed E-state index contributed by atoms with van der Waals surface area (Å²) < 4.78 is 10.9. The molecule has 0 radical (unpaired) electrons. The van der Waals surface area contributed by atoms with Crippen LogP contribution in [0.2, 0.25) is 0 Å². The molecule has 0 heterocycles. The van der Waals surface area contributed by atoms with Crippen LogP contribution in [-0.4, -0.2) is 20.3 Å². The lowest BCUT2D eigenvalue weighted by Gasteiger charge is -2.11. The molecule has 1 N–H and O–H groups in total. The SMILES string of the molecule is CCCCCCNCc1ccc(OCC)c(OC)c1. The fourth-order valence-electron chi connectivity index (χ4n) is 2.01. The normalized spacial score (nSPS) is 10.5. The summed E-state index contributed by atoms with van der Waals surface area (Å²) in [6.07, 6.45) is 5.19. The number of benzene rings is 1. The Morgan fingerprint density at radius 1 is 1.05 bits per heavy atom. The van der Waals surface area contributed by atoms with Gasteiger partial charge in [-0.25, -0.2) is 0 Å². The Kier molecular flexibility index (Phi) is 8.07. The third kappa shape index (κ3) is 5.97. The van der Waals surface area contributed by atoms with Gasteiger partial charge in [-0.05, 0) is 37.6 Å². The van der Waals surface area contributed by atoms with Crippen LogP contribution in [0.3, 0.4) is 0 Å². The van der Waals surface area contributed by atoms with Gasteiger partial charge >= 0.3 is 0 Å². The van der Waals surface area contributed by atoms with Crippen molar-refractivity contribution in [1.82, 2.24) is 5.32 Å². The molecule has 0 atom stereocenters. The van der Waals surface area contributed by atoms with Crippen molar-refractivity contribution in [3.8, 4) is 11.5 Å². The predicted octanol–water partition coefficient (Wildman–Crippen LogP) is 3.76. The van der Waals surface area contributed by atoms with E-state index in [9.17, 15) is 0 Å². The number of ether oxygens (including phenoxy) is 2. The third-order valence-corrected chi connectivity index (χ3v) is 3.06. The molecular formula is C16H27NO2. The topological polar surface area (TPSA) is 30.5 Å². The summed E-state index contributed by atoms with van der Waals surface area (Å²) >= 11 is 0. The molecule has 1 rings (SSSR count). The molecule has 0 unspecified atom stereocenters. The van der Waals surface area contributed by atoms with E-state index in [0.717, 1.165) is 24.6 Å². The molecule has 0 aliphatic heterocycles. The van der Waals surface area contributed by atoms with Crippen molar-refractivity contribution in [2.75, 3.05) is 20.3 Å². The fraction of sp³-hybridized carbons (Fsp3) is 0.625. The zero-order chi connectivity index (χ0) is 13.9. The van der Waals surface area contributed by atoms with Crippen LogP contribution >= 0.6 is 0 Å². The van der Waals surface area contributed by atoms with Crippen LogP contribution < -0.4 is 14.8 Å². The summed E-state index contributed by atoms with van der Waals surface area (Å²) in [6, 6.07) is 6.12. The molecule has 0 amide bonds. The summed E-state index contributed by atoms with van der Waals surface area (Å²) in [6.45, 7) is 6.83. The molecule has 0 fully saturated rings. The second kappa shape index (κ2) is 9.68. The molecule has 0 bridgehead atoms. The van der Waals surface area contributed by atoms with Gasteiger partial charge < -0.3 is 14.8 Å². The van der Waals surface area contributed by atoms with E-state index in [1.165, 1.54) is 31.2 Å². The standard InChI is InChI=1S/C16H27NO2/c1-4-6-7-8-11-17-13-14-9-10-15(19-5-2)16(12-14)18-3/h9-10,12,17H,4-8,11,13H2,1-3H3. The van der Waals surface area contributed by atoms with Crippen LogP contribution in [0.15, 0.2) is 18.2 Å². The Labute approximate surface area is 117 Å². The van der Waals surface area contributed by atoms with Gasteiger partial charge in [0.1, 0.15) is 0 Å². The summed E-state index contributed by atoms with van der Waals surface area (Å²) in [5, 5.41) is 3.47. The molecule has 0 saturated heterocycles. The van der Waals surface area contributed by atoms with Crippen molar-refractivity contribution in [1.29, 1.82) is 0 Å². The lowest BCUT2D eigenvalue weighted by Crippen LogP contribution is -2.14. The highest BCUT2D eigenvalue weighted by Gasteiger charge is 2.04. The lowest BCUT2D eigenvalue weighted by molar-refractivity contribution is 0.310. The Hall–Kier alpha value is -1.22. The van der Waals surface area contributed by atoms with E-state index in [0.29, 0.717) is 6.61 Å². The highest BCUT2D eigenvalue weighted by atomic mass is 16.5. The average Bonchev–Trinajstić information content (AvgIpc) is 2.44. The van der Waals surface area contributed by atoms with Crippen molar-refractivity contribution in [2.24, 2.45) is 0 Å². The van der Waals surface area contributed by atoms with E-state index < -0.39 is 0 Å². The van der Waals surface area contributed by atoms with Gasteiger partial charge in [-0.1, -0.05) is 32.3 Å². The van der Waals surface area contributed by atoms with Crippen LogP contribution in [-0.2, 0) is 6.54 Å². The van der Waals surface area contributed by atoms with Gasteiger partial charge in [-0.3, -0.25) is 0 Å². The Bertz CT molecular complexity index is 353. The van der Waals surface area contributed by atoms with Crippen LogP contribution in [0, 0.1) is 0 Å². The van der Waals surface area contributed by atoms with Gasteiger partial charge in [-0.15, -0.1) is 0 Å². The van der Waals surface area contributed by atoms with Gasteiger partial charge in [0.15, 0.2) is 11.5 Å². The molecule has 1 aromatic rings. The minimum Gasteiger partial charge on any atom is -0.493 e. The number of hydrogen-bond acceptors (Lipinski definition) is 3. The smallest absolute Gasteiger partial charge is 0.161 e. The first-order valence-electron chi connectivity index (χ1n) is 7.32. The largest absolute Gasteiger partial charge is 0.493 e. The van der Waals surface area contributed by atoms with E-state index >= 15 is 0 Å². The predicted molar refractivity (Wildman–Crippen MR) is 80.0 cm³/mol. The zero-order valence-electron chi connectivity index (χ0n) is 12.5. The van der Waals surface area contributed by atoms with E-state index in [4.69, 9.17) is 9.47 Å². The maximum absolute atomic E-state index is 5.51. The number of rotatable bonds is 10. The average molecular weight is 265 g/mol. The molecule has 3 nitrogen and oxygen atoms in total. The van der Waals surface area contributed by atoms with E-state index in [2.05, 4.69) is 18.3 Å². The third-order valence-electron chi connectivity index (χ3n) is 3.06. The molecule has 3 heteroatoms. The Morgan fingerprint density at radius 3 is 2.58 bits per heavy atom. The van der Waals surface area contributed by atoms with Gasteiger partial charge in [0.05, 0.1) is 13.7 Å². The Balaban J connectivity index is 2.37. The fourth-order valence-corrected chi connectivity index (χ4v) is 2.01. The summed E-state index contributed by atoms with van der Waals surface area (Å²) in [4.78, 5) is 0. The highest BCUT2D eigenvalue weighted by Crippen LogP contribution is 2.27. The lowest BCUT2D eigenvalue weighted by atomic mass is 10.2. The first kappa shape index (κ1) is 15.8. The number of nitrogens with one attached hydrogen (secondary N) is 1. The van der Waals surface area contributed by atoms with Crippen molar-refractivity contribution >= 4 is 0 Å². The van der Waals surface area contributed by atoms with E-state index in [-0.39, 0.29) is 0 Å². The first-order chi connectivity index (χ1) is 9.31. The monoisotopic (exact) mass is 265 g/mol. The van der Waals surface area contributed by atoms with Gasteiger partial charge in [0, 0.05) is 6.54 Å². The molecule has 0 spiro atoms. The van der Waals surface area contributed by atoms with Gasteiger partial charge in [0.2, 0.25) is 0 Å². The minimum absolute atomic E-state index is 0.658.